The van der Waals surface area contributed by atoms with Gasteiger partial charge in [-0.25, -0.2) is 0 Å². The summed E-state index contributed by atoms with van der Waals surface area (Å²) in [6.45, 7) is 0. The molecule has 5 rings (SSSR count). The van der Waals surface area contributed by atoms with E-state index in [1.54, 1.807) is 0 Å². The monoisotopic (exact) mass is 726 g/mol. The largest absolute Gasteiger partial charge is 0.179 e. The molecule has 0 N–H and O–H groups in total. The second-order valence-corrected chi connectivity index (χ2v) is 15.4. The van der Waals surface area contributed by atoms with Gasteiger partial charge in [-0.3, -0.25) is 0 Å². The van der Waals surface area contributed by atoms with Gasteiger partial charge in [-0.1, -0.05) is 155 Å². The van der Waals surface area contributed by atoms with Gasteiger partial charge in [-0.2, -0.15) is 0 Å². The molecule has 0 unspecified atom stereocenters. The quantitative estimate of drug-likeness (QED) is 0.131. The fourth-order valence-corrected chi connectivity index (χ4v) is 11.4. The highest BCUT2D eigenvalue weighted by molar-refractivity contribution is 9.11. The van der Waals surface area contributed by atoms with Gasteiger partial charge in [-0.15, -0.1) is 0 Å². The zero-order chi connectivity index (χ0) is 24.7. The predicted octanol–water partition coefficient (Wildman–Crippen LogP) is 7.80. The van der Waals surface area contributed by atoms with Crippen molar-refractivity contribution in [2.45, 2.75) is 0 Å². The van der Waals surface area contributed by atoms with Gasteiger partial charge in [0.2, 0.25) is 0 Å². The molecule has 0 nitrogen and oxygen atoms in total. The summed E-state index contributed by atoms with van der Waals surface area (Å²) in [7, 11) is -2.42. The molecule has 5 aromatic carbocycles. The minimum Gasteiger partial charge on any atom is -0.0623 e. The van der Waals surface area contributed by atoms with E-state index in [2.05, 4.69) is 173 Å². The average Bonchev–Trinajstić information content (AvgIpc) is 2.86. The van der Waals surface area contributed by atoms with Crippen LogP contribution in [0.4, 0.5) is 0 Å². The van der Waals surface area contributed by atoms with Crippen molar-refractivity contribution in [2.75, 3.05) is 0 Å². The Kier molecular flexibility index (Phi) is 9.37. The number of hydrogen-bond acceptors (Lipinski definition) is 0. The van der Waals surface area contributed by atoms with Gasteiger partial charge in [-0.05, 0) is 63.2 Å². The zero-order valence-corrected chi connectivity index (χ0v) is 26.1. The van der Waals surface area contributed by atoms with Crippen molar-refractivity contribution in [2.24, 2.45) is 0 Å². The van der Waals surface area contributed by atoms with Crippen LogP contribution in [0.2, 0.25) is 0 Å². The van der Waals surface area contributed by atoms with E-state index < -0.39 is 8.07 Å². The molecule has 5 heteroatoms. The molecular weight excluding hydrogens is 708 g/mol. The molecule has 0 aliphatic rings. The fraction of sp³-hybridized carbons (Fsp3) is 0. The van der Waals surface area contributed by atoms with Crippen LogP contribution in [0.25, 0.3) is 0 Å². The lowest BCUT2D eigenvalue weighted by atomic mass is 10.3. The molecule has 174 valence electrons. The van der Waals surface area contributed by atoms with Gasteiger partial charge >= 0.3 is 0 Å². The zero-order valence-electron chi connectivity index (χ0n) is 18.7. The molecule has 0 bridgehead atoms. The normalized spacial score (nSPS) is 10.9. The molecule has 35 heavy (non-hydrogen) atoms. The van der Waals surface area contributed by atoms with Crippen LogP contribution in [-0.4, -0.2) is 8.07 Å². The van der Waals surface area contributed by atoms with Crippen molar-refractivity contribution in [1.29, 1.82) is 0 Å². The molecule has 0 aliphatic heterocycles. The first-order valence-electron chi connectivity index (χ1n) is 11.0. The minimum absolute atomic E-state index is 1.10. The van der Waals surface area contributed by atoms with Crippen LogP contribution in [0.5, 0.6) is 0 Å². The second-order valence-electron chi connectivity index (χ2n) is 7.94. The van der Waals surface area contributed by atoms with Crippen LogP contribution in [0.15, 0.2) is 151 Å². The van der Waals surface area contributed by atoms with Crippen molar-refractivity contribution < 1.29 is 0 Å². The summed E-state index contributed by atoms with van der Waals surface area (Å²) in [5.74, 6) is 0. The highest BCUT2D eigenvalue weighted by atomic mass is 79.9. The van der Waals surface area contributed by atoms with E-state index in [4.69, 9.17) is 0 Å². The van der Waals surface area contributed by atoms with E-state index in [0.29, 0.717) is 0 Å². The van der Waals surface area contributed by atoms with Gasteiger partial charge in [0, 0.05) is 17.9 Å². The summed E-state index contributed by atoms with van der Waals surface area (Å²) in [4.78, 5) is 0. The van der Waals surface area contributed by atoms with Crippen molar-refractivity contribution >= 4 is 92.5 Å². The first kappa shape index (κ1) is 26.3. The SMILES string of the molecule is Brc1cccc(Br)c1.Brc1cccc([Si](c2ccccc2)(c2ccccc2)c2cccc(Br)c2)c1. The maximum atomic E-state index is 3.70. The van der Waals surface area contributed by atoms with Crippen LogP contribution >= 0.6 is 63.7 Å². The number of rotatable bonds is 4. The molecule has 0 saturated carbocycles. The predicted molar refractivity (Wildman–Crippen MR) is 167 cm³/mol. The summed E-state index contributed by atoms with van der Waals surface area (Å²) in [6.07, 6.45) is 0. The van der Waals surface area contributed by atoms with Gasteiger partial charge in [0.15, 0.2) is 8.07 Å². The van der Waals surface area contributed by atoms with E-state index in [1.165, 1.54) is 20.7 Å². The third kappa shape index (κ3) is 6.33. The Morgan fingerprint density at radius 1 is 0.314 bits per heavy atom. The summed E-state index contributed by atoms with van der Waals surface area (Å²) < 4.78 is 4.43. The summed E-state index contributed by atoms with van der Waals surface area (Å²) in [5, 5.41) is 5.50. The smallest absolute Gasteiger partial charge is 0.0623 e. The van der Waals surface area contributed by atoms with Crippen LogP contribution in [0.1, 0.15) is 0 Å². The van der Waals surface area contributed by atoms with Crippen LogP contribution in [0.3, 0.4) is 0 Å². The Labute approximate surface area is 242 Å². The third-order valence-electron chi connectivity index (χ3n) is 5.72. The van der Waals surface area contributed by atoms with Crippen LogP contribution in [-0.2, 0) is 0 Å². The minimum atomic E-state index is -2.42. The Morgan fingerprint density at radius 3 is 0.943 bits per heavy atom. The van der Waals surface area contributed by atoms with E-state index in [9.17, 15) is 0 Å². The lowest BCUT2D eigenvalue weighted by molar-refractivity contribution is 1.60. The Balaban J connectivity index is 0.000000308. The van der Waals surface area contributed by atoms with Crippen molar-refractivity contribution in [3.05, 3.63) is 151 Å². The molecule has 0 spiro atoms. The maximum Gasteiger partial charge on any atom is 0.179 e. The maximum absolute atomic E-state index is 3.70. The Hall–Kier alpha value is -1.76. The Bertz CT molecular complexity index is 1280. The number of benzene rings is 5. The van der Waals surface area contributed by atoms with Crippen molar-refractivity contribution in [3.8, 4) is 0 Å². The lowest BCUT2D eigenvalue weighted by Crippen LogP contribution is -2.74. The highest BCUT2D eigenvalue weighted by Crippen LogP contribution is 2.16. The Morgan fingerprint density at radius 2 is 0.629 bits per heavy atom. The van der Waals surface area contributed by atoms with Gasteiger partial charge in [0.25, 0.3) is 0 Å². The highest BCUT2D eigenvalue weighted by Gasteiger charge is 2.41. The molecule has 0 heterocycles. The van der Waals surface area contributed by atoms with E-state index in [-0.39, 0.29) is 0 Å². The first-order chi connectivity index (χ1) is 17.0. The molecule has 0 radical (unpaired) electrons. The average molecular weight is 730 g/mol. The molecule has 0 atom stereocenters. The van der Waals surface area contributed by atoms with E-state index >= 15 is 0 Å². The van der Waals surface area contributed by atoms with Gasteiger partial charge < -0.3 is 0 Å². The summed E-state index contributed by atoms with van der Waals surface area (Å²) in [6, 6.07) is 47.5. The molecule has 0 aliphatic carbocycles. The van der Waals surface area contributed by atoms with E-state index in [0.717, 1.165) is 17.9 Å². The van der Waals surface area contributed by atoms with Crippen LogP contribution in [0, 0.1) is 0 Å². The van der Waals surface area contributed by atoms with Crippen molar-refractivity contribution in [1.82, 2.24) is 0 Å². The van der Waals surface area contributed by atoms with Gasteiger partial charge in [0.1, 0.15) is 0 Å². The molecule has 0 fully saturated rings. The fourth-order valence-electron chi connectivity index (χ4n) is 4.28. The van der Waals surface area contributed by atoms with E-state index in [1.807, 2.05) is 24.3 Å². The molecular formula is C30H22Br4Si. The lowest BCUT2D eigenvalue weighted by Gasteiger charge is -2.34. The topological polar surface area (TPSA) is 0 Å². The molecule has 0 saturated heterocycles. The first-order valence-corrected chi connectivity index (χ1v) is 16.2. The standard InChI is InChI=1S/C24H18Br2Si.C6H4Br2/c25-19-9-7-15-23(17-19)27(21-11-3-1-4-12-21,22-13-5-2-6-14-22)24-16-8-10-20(26)18-24;7-5-2-1-3-6(8)4-5/h1-18H;1-4H. The van der Waals surface area contributed by atoms with Gasteiger partial charge in [0.05, 0.1) is 0 Å². The number of halogens is 4. The molecule has 0 amide bonds. The van der Waals surface area contributed by atoms with Crippen molar-refractivity contribution in [3.63, 3.8) is 0 Å². The summed E-state index contributed by atoms with van der Waals surface area (Å²) in [5.41, 5.74) is 0. The molecule has 0 aromatic heterocycles. The second kappa shape index (κ2) is 12.5. The number of hydrogen-bond donors (Lipinski definition) is 0. The molecule has 5 aromatic rings. The third-order valence-corrected chi connectivity index (χ3v) is 12.4. The summed E-state index contributed by atoms with van der Waals surface area (Å²) >= 11 is 14.1. The van der Waals surface area contributed by atoms with Crippen LogP contribution < -0.4 is 20.7 Å².